The van der Waals surface area contributed by atoms with E-state index in [-0.39, 0.29) is 23.8 Å². The summed E-state index contributed by atoms with van der Waals surface area (Å²) in [5.41, 5.74) is 0.803. The number of carbonyl (C=O) groups is 1. The first-order valence-corrected chi connectivity index (χ1v) is 9.29. The maximum absolute atomic E-state index is 12.4. The molecule has 0 saturated carbocycles. The normalized spacial score (nSPS) is 30.9. The van der Waals surface area contributed by atoms with Crippen molar-refractivity contribution in [1.29, 1.82) is 0 Å². The summed E-state index contributed by atoms with van der Waals surface area (Å²) in [7, 11) is 4.57. The zero-order valence-corrected chi connectivity index (χ0v) is 16.3. The van der Waals surface area contributed by atoms with Crippen LogP contribution in [0, 0.1) is 4.91 Å². The molecule has 2 bridgehead atoms. The van der Waals surface area contributed by atoms with E-state index in [2.05, 4.69) is 21.6 Å². The van der Waals surface area contributed by atoms with Gasteiger partial charge in [-0.15, -0.1) is 0 Å². The van der Waals surface area contributed by atoms with Gasteiger partial charge in [-0.3, -0.25) is 9.69 Å². The molecule has 0 radical (unpaired) electrons. The van der Waals surface area contributed by atoms with Crippen LogP contribution in [0.25, 0.3) is 0 Å². The molecular formula is C19H27N2O7+. The highest BCUT2D eigenvalue weighted by Gasteiger charge is 2.62. The van der Waals surface area contributed by atoms with E-state index in [1.165, 1.54) is 14.2 Å². The number of hydrogen-bond acceptors (Lipinski definition) is 8. The predicted molar refractivity (Wildman–Crippen MR) is 97.0 cm³/mol. The monoisotopic (exact) mass is 395 g/mol. The summed E-state index contributed by atoms with van der Waals surface area (Å²) in [5, 5.41) is 9.56. The Hall–Kier alpha value is -2.23. The van der Waals surface area contributed by atoms with Gasteiger partial charge in [0.15, 0.2) is 14.2 Å². The zero-order chi connectivity index (χ0) is 20.3. The second-order valence-corrected chi connectivity index (χ2v) is 7.13. The fraction of sp³-hybridized carbons (Fsp3) is 0.632. The van der Waals surface area contributed by atoms with E-state index < -0.39 is 5.92 Å². The van der Waals surface area contributed by atoms with E-state index in [1.54, 1.807) is 0 Å². The number of nitrogens with zero attached hydrogens (tertiary/aromatic N) is 2. The zero-order valence-electron chi connectivity index (χ0n) is 16.3. The number of likely N-dealkylation sites (N-methyl/N-ethyl adjacent to an activating group) is 1. The van der Waals surface area contributed by atoms with Crippen molar-refractivity contribution in [3.63, 3.8) is 0 Å². The van der Waals surface area contributed by atoms with E-state index in [4.69, 9.17) is 9.47 Å². The first-order valence-electron chi connectivity index (χ1n) is 9.29. The summed E-state index contributed by atoms with van der Waals surface area (Å²) in [6.07, 6.45) is 2.26. The molecule has 1 unspecified atom stereocenters. The number of fused-ring (bicyclic) bond motifs is 5. The Balaban J connectivity index is 0.000000330. The SMILES string of the molecule is CN1[C@@H]2CC(OC(=O)[C@H](CO)c3ccccc3)C[C@H]1[C@@H]1O[C@@H]12.CO[N+](=O)OC. The third-order valence-corrected chi connectivity index (χ3v) is 5.62. The summed E-state index contributed by atoms with van der Waals surface area (Å²) >= 11 is 0. The molecule has 154 valence electrons. The lowest BCUT2D eigenvalue weighted by Crippen LogP contribution is -2.48. The van der Waals surface area contributed by atoms with Crippen molar-refractivity contribution in [2.45, 2.75) is 49.2 Å². The fourth-order valence-corrected chi connectivity index (χ4v) is 4.12. The minimum Gasteiger partial charge on any atom is -0.462 e. The number of hydrogen-bond donors (Lipinski definition) is 1. The molecular weight excluding hydrogens is 368 g/mol. The highest BCUT2D eigenvalue weighted by Crippen LogP contribution is 2.48. The molecule has 0 aromatic heterocycles. The molecule has 3 saturated heterocycles. The molecule has 3 aliphatic rings. The molecule has 1 aromatic carbocycles. The van der Waals surface area contributed by atoms with Gasteiger partial charge in [0.05, 0.1) is 6.61 Å². The summed E-state index contributed by atoms with van der Waals surface area (Å²) in [6, 6.07) is 10.1. The summed E-state index contributed by atoms with van der Waals surface area (Å²) in [5.74, 6) is -0.915. The van der Waals surface area contributed by atoms with Crippen molar-refractivity contribution in [3.8, 4) is 0 Å². The van der Waals surface area contributed by atoms with Crippen molar-refractivity contribution in [3.05, 3.63) is 40.8 Å². The van der Waals surface area contributed by atoms with Gasteiger partial charge in [-0.05, 0) is 12.6 Å². The van der Waals surface area contributed by atoms with Crippen LogP contribution < -0.4 is 0 Å². The average Bonchev–Trinajstić information content (AvgIpc) is 3.47. The van der Waals surface area contributed by atoms with E-state index in [0.29, 0.717) is 24.3 Å². The Bertz CT molecular complexity index is 662. The first-order chi connectivity index (χ1) is 13.5. The van der Waals surface area contributed by atoms with Crippen LogP contribution in [0.2, 0.25) is 0 Å². The van der Waals surface area contributed by atoms with E-state index in [0.717, 1.165) is 18.4 Å². The number of benzene rings is 1. The summed E-state index contributed by atoms with van der Waals surface area (Å²) < 4.78 is 11.4. The fourth-order valence-electron chi connectivity index (χ4n) is 4.12. The number of rotatable bonds is 6. The smallest absolute Gasteiger partial charge is 0.462 e. The van der Waals surface area contributed by atoms with Gasteiger partial charge in [-0.2, -0.15) is 9.68 Å². The van der Waals surface area contributed by atoms with Gasteiger partial charge in [0.1, 0.15) is 29.1 Å². The van der Waals surface area contributed by atoms with Gasteiger partial charge in [-0.1, -0.05) is 30.3 Å². The number of esters is 1. The lowest BCUT2D eigenvalue weighted by molar-refractivity contribution is -0.972. The number of aliphatic hydroxyl groups excluding tert-OH is 1. The Morgan fingerprint density at radius 1 is 1.21 bits per heavy atom. The highest BCUT2D eigenvalue weighted by molar-refractivity contribution is 5.78. The predicted octanol–water partition coefficient (Wildman–Crippen LogP) is 0.806. The van der Waals surface area contributed by atoms with Crippen LogP contribution >= 0.6 is 0 Å². The molecule has 28 heavy (non-hydrogen) atoms. The molecule has 9 nitrogen and oxygen atoms in total. The lowest BCUT2D eigenvalue weighted by Gasteiger charge is -2.38. The molecule has 0 amide bonds. The van der Waals surface area contributed by atoms with Crippen LogP contribution in [0.1, 0.15) is 24.3 Å². The number of aliphatic hydroxyl groups is 1. The quantitative estimate of drug-likeness (QED) is 0.429. The molecule has 4 rings (SSSR count). The largest absolute Gasteiger partial charge is 0.476 e. The van der Waals surface area contributed by atoms with Crippen molar-refractivity contribution < 1.29 is 34.1 Å². The molecule has 3 aliphatic heterocycles. The van der Waals surface area contributed by atoms with Crippen LogP contribution in [-0.2, 0) is 23.9 Å². The number of piperidine rings is 1. The van der Waals surface area contributed by atoms with Crippen LogP contribution in [0.5, 0.6) is 0 Å². The molecule has 3 fully saturated rings. The standard InChI is InChI=1S/C17H21NO4.C2H6NO3/c1-18-13-7-11(8-14(18)16-15(13)22-16)21-17(20)12(9-19)10-5-3-2-4-6-10;1-5-3(4)6-2/h2-6,11-16,19H,7-9H2,1H3;1-2H3/q;+1/t11?,12-,13-,14+,15-,16+;/m1./s1. The Morgan fingerprint density at radius 2 is 1.79 bits per heavy atom. The molecule has 6 atom stereocenters. The summed E-state index contributed by atoms with van der Waals surface area (Å²) in [4.78, 5) is 32.4. The molecule has 0 spiro atoms. The Labute approximate surface area is 163 Å². The minimum atomic E-state index is -0.593. The van der Waals surface area contributed by atoms with Crippen molar-refractivity contribution in [2.24, 2.45) is 0 Å². The van der Waals surface area contributed by atoms with Crippen molar-refractivity contribution in [2.75, 3.05) is 27.9 Å². The van der Waals surface area contributed by atoms with E-state index in [1.807, 2.05) is 30.3 Å². The lowest BCUT2D eigenvalue weighted by atomic mass is 9.97. The maximum atomic E-state index is 12.4. The summed E-state index contributed by atoms with van der Waals surface area (Å²) in [6.45, 7) is -0.226. The molecule has 1 aromatic rings. The van der Waals surface area contributed by atoms with E-state index in [9.17, 15) is 14.8 Å². The van der Waals surface area contributed by atoms with Gasteiger partial charge < -0.3 is 14.6 Å². The number of epoxide rings is 1. The van der Waals surface area contributed by atoms with E-state index >= 15 is 0 Å². The van der Waals surface area contributed by atoms with Crippen molar-refractivity contribution in [1.82, 2.24) is 4.90 Å². The molecule has 1 N–H and O–H groups in total. The van der Waals surface area contributed by atoms with Crippen LogP contribution in [0.3, 0.4) is 0 Å². The highest BCUT2D eigenvalue weighted by atomic mass is 17.0. The van der Waals surface area contributed by atoms with Crippen LogP contribution in [0.15, 0.2) is 30.3 Å². The van der Waals surface area contributed by atoms with Gasteiger partial charge >= 0.3 is 11.1 Å². The number of carbonyl (C=O) groups excluding carboxylic acids is 1. The van der Waals surface area contributed by atoms with Crippen LogP contribution in [-0.4, -0.2) is 79.3 Å². The third kappa shape index (κ3) is 4.26. The topological polar surface area (TPSA) is 101 Å². The maximum Gasteiger partial charge on any atom is 0.476 e. The van der Waals surface area contributed by atoms with Gasteiger partial charge in [0, 0.05) is 24.9 Å². The molecule has 9 heteroatoms. The van der Waals surface area contributed by atoms with Crippen molar-refractivity contribution >= 4 is 5.97 Å². The third-order valence-electron chi connectivity index (χ3n) is 5.62. The number of morpholine rings is 1. The Kier molecular flexibility index (Phi) is 6.48. The molecule has 3 heterocycles. The van der Waals surface area contributed by atoms with Gasteiger partial charge in [-0.25, -0.2) is 0 Å². The Morgan fingerprint density at radius 3 is 2.25 bits per heavy atom. The number of ether oxygens (including phenoxy) is 2. The second-order valence-electron chi connectivity index (χ2n) is 7.13. The van der Waals surface area contributed by atoms with Crippen LogP contribution in [0.4, 0.5) is 0 Å². The average molecular weight is 395 g/mol. The van der Waals surface area contributed by atoms with Gasteiger partial charge in [0.2, 0.25) is 0 Å². The van der Waals surface area contributed by atoms with Gasteiger partial charge in [0.25, 0.3) is 0 Å². The second kappa shape index (κ2) is 8.85. The molecule has 0 aliphatic carbocycles. The minimum absolute atomic E-state index is 0. The first kappa shape index (κ1) is 20.5.